The van der Waals surface area contributed by atoms with Crippen molar-refractivity contribution in [2.45, 2.75) is 71.6 Å². The first-order valence-electron chi connectivity index (χ1n) is 10.6. The molecule has 32 heavy (non-hydrogen) atoms. The van der Waals surface area contributed by atoms with Crippen molar-refractivity contribution in [1.82, 2.24) is 0 Å². The van der Waals surface area contributed by atoms with Crippen LogP contribution in [-0.4, -0.2) is 59.0 Å². The fourth-order valence-electron chi connectivity index (χ4n) is 5.19. The van der Waals surface area contributed by atoms with Crippen LogP contribution in [0.4, 0.5) is 0 Å². The second kappa shape index (κ2) is 8.35. The zero-order valence-corrected chi connectivity index (χ0v) is 19.1. The number of aliphatic hydroxyl groups is 1. The first kappa shape index (κ1) is 24.0. The van der Waals surface area contributed by atoms with Crippen molar-refractivity contribution in [3.8, 4) is 0 Å². The molecule has 3 rings (SSSR count). The van der Waals surface area contributed by atoms with Gasteiger partial charge in [0, 0.05) is 31.3 Å². The van der Waals surface area contributed by atoms with E-state index < -0.39 is 77.6 Å². The Labute approximate surface area is 186 Å². The summed E-state index contributed by atoms with van der Waals surface area (Å²) in [6.07, 6.45) is -2.62. The van der Waals surface area contributed by atoms with Gasteiger partial charge in [0.25, 0.3) is 0 Å². The van der Waals surface area contributed by atoms with Crippen LogP contribution in [0.2, 0.25) is 0 Å². The molecule has 0 aromatic rings. The second-order valence-electron chi connectivity index (χ2n) is 9.27. The summed E-state index contributed by atoms with van der Waals surface area (Å²) in [4.78, 5) is 48.9. The highest BCUT2D eigenvalue weighted by atomic mass is 16.6. The van der Waals surface area contributed by atoms with Gasteiger partial charge in [-0.1, -0.05) is 26.0 Å². The molecule has 1 aliphatic heterocycles. The van der Waals surface area contributed by atoms with Crippen molar-refractivity contribution < 1.29 is 43.2 Å². The summed E-state index contributed by atoms with van der Waals surface area (Å²) in [7, 11) is 0. The van der Waals surface area contributed by atoms with Crippen LogP contribution in [-0.2, 0) is 38.1 Å². The molecule has 0 radical (unpaired) electrons. The van der Waals surface area contributed by atoms with Crippen molar-refractivity contribution in [3.63, 3.8) is 0 Å². The molecule has 0 aromatic heterocycles. The molecule has 9 heteroatoms. The van der Waals surface area contributed by atoms with Gasteiger partial charge in [-0.3, -0.25) is 14.4 Å². The predicted molar refractivity (Wildman–Crippen MR) is 110 cm³/mol. The summed E-state index contributed by atoms with van der Waals surface area (Å²) in [5.74, 6) is -5.31. The molecule has 0 bridgehead atoms. The number of esters is 4. The number of ether oxygens (including phenoxy) is 4. The smallest absolute Gasteiger partial charge is 0.334 e. The van der Waals surface area contributed by atoms with Gasteiger partial charge in [-0.2, -0.15) is 0 Å². The lowest BCUT2D eigenvalue weighted by Crippen LogP contribution is -2.58. The Bertz CT molecular complexity index is 884. The van der Waals surface area contributed by atoms with E-state index in [2.05, 4.69) is 6.58 Å². The maximum Gasteiger partial charge on any atom is 0.334 e. The van der Waals surface area contributed by atoms with Crippen molar-refractivity contribution in [1.29, 1.82) is 0 Å². The van der Waals surface area contributed by atoms with Crippen LogP contribution in [0.1, 0.15) is 41.5 Å². The molecular formula is C23H30O9. The minimum atomic E-state index is -1.82. The summed E-state index contributed by atoms with van der Waals surface area (Å²) in [6, 6.07) is 0. The van der Waals surface area contributed by atoms with Gasteiger partial charge in [-0.15, -0.1) is 0 Å². The molecule has 3 aliphatic rings. The fraction of sp³-hybridized carbons (Fsp3) is 0.652. The lowest BCUT2D eigenvalue weighted by Gasteiger charge is -2.42. The maximum atomic E-state index is 12.6. The third-order valence-electron chi connectivity index (χ3n) is 6.53. The van der Waals surface area contributed by atoms with Crippen LogP contribution in [0, 0.1) is 23.7 Å². The maximum absolute atomic E-state index is 12.6. The summed E-state index contributed by atoms with van der Waals surface area (Å²) in [6.45, 7) is 12.8. The zero-order chi connectivity index (χ0) is 24.1. The van der Waals surface area contributed by atoms with Gasteiger partial charge in [0.2, 0.25) is 0 Å². The Hall–Kier alpha value is -2.68. The molecule has 1 saturated heterocycles. The molecule has 8 atom stereocenters. The molecule has 176 valence electrons. The van der Waals surface area contributed by atoms with Crippen molar-refractivity contribution >= 4 is 23.9 Å². The highest BCUT2D eigenvalue weighted by Gasteiger charge is 2.66. The predicted octanol–water partition coefficient (Wildman–Crippen LogP) is 1.47. The Morgan fingerprint density at radius 3 is 2.25 bits per heavy atom. The number of hydrogen-bond donors (Lipinski definition) is 1. The molecule has 1 saturated carbocycles. The van der Waals surface area contributed by atoms with Gasteiger partial charge in [-0.25, -0.2) is 4.79 Å². The summed E-state index contributed by atoms with van der Waals surface area (Å²) in [5.41, 5.74) is -1.02. The van der Waals surface area contributed by atoms with E-state index in [-0.39, 0.29) is 5.57 Å². The van der Waals surface area contributed by atoms with Crippen molar-refractivity contribution in [2.75, 3.05) is 0 Å². The normalized spacial score (nSPS) is 38.2. The largest absolute Gasteiger partial charge is 0.458 e. The Morgan fingerprint density at radius 2 is 1.72 bits per heavy atom. The molecule has 0 amide bonds. The Kier molecular flexibility index (Phi) is 6.25. The van der Waals surface area contributed by atoms with Gasteiger partial charge < -0.3 is 24.1 Å². The van der Waals surface area contributed by atoms with Crippen LogP contribution < -0.4 is 0 Å². The standard InChI is InChI=1S/C23H30O9/c1-9(2)21(26)32-19-16-11(4)22(27)31-18(16)15-10(3)8-14(29-12(5)24)17(15)23(7,28)20(19)30-13(6)25/h8-9,14-20,28H,4H2,1-3,5-7H3. The Balaban J connectivity index is 2.20. The van der Waals surface area contributed by atoms with Crippen LogP contribution in [0.3, 0.4) is 0 Å². The van der Waals surface area contributed by atoms with E-state index in [1.807, 2.05) is 0 Å². The molecule has 0 aromatic carbocycles. The average Bonchev–Trinajstić information content (AvgIpc) is 3.10. The van der Waals surface area contributed by atoms with E-state index in [1.54, 1.807) is 26.8 Å². The Morgan fingerprint density at radius 1 is 1.12 bits per heavy atom. The monoisotopic (exact) mass is 450 g/mol. The quantitative estimate of drug-likeness (QED) is 0.293. The first-order chi connectivity index (χ1) is 14.8. The van der Waals surface area contributed by atoms with Crippen molar-refractivity contribution in [2.24, 2.45) is 23.7 Å². The van der Waals surface area contributed by atoms with Crippen LogP contribution in [0.5, 0.6) is 0 Å². The third kappa shape index (κ3) is 3.94. The minimum Gasteiger partial charge on any atom is -0.458 e. The summed E-state index contributed by atoms with van der Waals surface area (Å²) in [5, 5.41) is 11.8. The van der Waals surface area contributed by atoms with E-state index >= 15 is 0 Å². The fourth-order valence-corrected chi connectivity index (χ4v) is 5.19. The first-order valence-corrected chi connectivity index (χ1v) is 10.6. The van der Waals surface area contributed by atoms with E-state index in [4.69, 9.17) is 18.9 Å². The number of carbonyl (C=O) groups is 4. The van der Waals surface area contributed by atoms with Crippen LogP contribution in [0.25, 0.3) is 0 Å². The number of rotatable bonds is 4. The summed E-state index contributed by atoms with van der Waals surface area (Å²) < 4.78 is 22.4. The van der Waals surface area contributed by atoms with E-state index in [0.29, 0.717) is 0 Å². The molecule has 2 fully saturated rings. The highest BCUT2D eigenvalue weighted by molar-refractivity contribution is 5.91. The summed E-state index contributed by atoms with van der Waals surface area (Å²) >= 11 is 0. The molecule has 1 N–H and O–H groups in total. The van der Waals surface area contributed by atoms with E-state index in [0.717, 1.165) is 5.57 Å². The second-order valence-corrected chi connectivity index (χ2v) is 9.27. The average molecular weight is 450 g/mol. The number of carbonyl (C=O) groups excluding carboxylic acids is 4. The van der Waals surface area contributed by atoms with Crippen molar-refractivity contribution in [3.05, 3.63) is 23.8 Å². The van der Waals surface area contributed by atoms with Gasteiger partial charge in [0.1, 0.15) is 17.8 Å². The zero-order valence-electron chi connectivity index (χ0n) is 19.1. The molecular weight excluding hydrogens is 420 g/mol. The highest BCUT2D eigenvalue weighted by Crippen LogP contribution is 2.54. The molecule has 8 unspecified atom stereocenters. The van der Waals surface area contributed by atoms with Gasteiger partial charge >= 0.3 is 23.9 Å². The molecule has 9 nitrogen and oxygen atoms in total. The topological polar surface area (TPSA) is 125 Å². The van der Waals surface area contributed by atoms with Gasteiger partial charge in [0.15, 0.2) is 12.2 Å². The van der Waals surface area contributed by atoms with Gasteiger partial charge in [0.05, 0.1) is 11.8 Å². The SMILES string of the molecule is C=C1C(=O)OC2C1C(OC(=O)C(C)C)C(OC(C)=O)C(C)(O)C1C(OC(C)=O)C=C(C)C21. The number of hydrogen-bond acceptors (Lipinski definition) is 9. The van der Waals surface area contributed by atoms with Gasteiger partial charge in [-0.05, 0) is 19.9 Å². The van der Waals surface area contributed by atoms with E-state index in [9.17, 15) is 24.3 Å². The van der Waals surface area contributed by atoms with Crippen LogP contribution >= 0.6 is 0 Å². The lowest BCUT2D eigenvalue weighted by molar-refractivity contribution is -0.205. The third-order valence-corrected chi connectivity index (χ3v) is 6.53. The number of fused-ring (bicyclic) bond motifs is 3. The molecule has 0 spiro atoms. The molecule has 1 heterocycles. The van der Waals surface area contributed by atoms with Crippen LogP contribution in [0.15, 0.2) is 23.8 Å². The van der Waals surface area contributed by atoms with E-state index in [1.165, 1.54) is 20.8 Å². The lowest BCUT2D eigenvalue weighted by atomic mass is 9.74. The minimum absolute atomic E-state index is 0.0638. The molecule has 2 aliphatic carbocycles.